The number of hydrazine groups is 1. The van der Waals surface area contributed by atoms with E-state index in [0.717, 1.165) is 23.2 Å². The van der Waals surface area contributed by atoms with Gasteiger partial charge in [-0.15, -0.1) is 0 Å². The van der Waals surface area contributed by atoms with Gasteiger partial charge in [0.25, 0.3) is 11.8 Å². The number of hydrogen-bond acceptors (Lipinski definition) is 10. The van der Waals surface area contributed by atoms with Crippen molar-refractivity contribution in [3.8, 4) is 17.0 Å². The van der Waals surface area contributed by atoms with Crippen LogP contribution < -0.4 is 10.1 Å². The highest BCUT2D eigenvalue weighted by Crippen LogP contribution is 2.43. The molecule has 0 spiro atoms. The maximum Gasteiger partial charge on any atom is 0.416 e. The second kappa shape index (κ2) is 14.1. The van der Waals surface area contributed by atoms with Crippen molar-refractivity contribution in [3.63, 3.8) is 0 Å². The van der Waals surface area contributed by atoms with Gasteiger partial charge in [-0.3, -0.25) is 24.5 Å². The van der Waals surface area contributed by atoms with Crippen molar-refractivity contribution in [2.24, 2.45) is 4.99 Å². The summed E-state index contributed by atoms with van der Waals surface area (Å²) in [6, 6.07) is 4.87. The van der Waals surface area contributed by atoms with Crippen LogP contribution in [0.4, 0.5) is 27.6 Å². The lowest BCUT2D eigenvalue weighted by Crippen LogP contribution is -2.60. The number of fused-ring (bicyclic) bond motifs is 1. The molecule has 1 aromatic heterocycles. The Hall–Kier alpha value is -5.00. The van der Waals surface area contributed by atoms with Gasteiger partial charge in [-0.2, -0.15) is 17.6 Å². The van der Waals surface area contributed by atoms with Crippen LogP contribution in [-0.2, 0) is 27.0 Å². The molecule has 0 bridgehead atoms. The number of ether oxygens (including phenoxy) is 2. The lowest BCUT2D eigenvalue weighted by atomic mass is 9.90. The molecule has 2 atom stereocenters. The van der Waals surface area contributed by atoms with Crippen molar-refractivity contribution in [1.82, 2.24) is 24.9 Å². The lowest BCUT2D eigenvalue weighted by Gasteiger charge is -2.46. The summed E-state index contributed by atoms with van der Waals surface area (Å²) in [6.07, 6.45) is -1.13. The number of anilines is 1. The SMILES string of the molecule is Cc1c(-c2cc(C(F)(F)F)ccc2NC(=O)C2=C(O)C3(C)CCCN3N(Cc3ccc(OCCN4CCOCC4)c(F)c3F)C2=O)ncnc1C1C=N1. The number of morpholine rings is 1. The molecule has 7 rings (SSSR count). The van der Waals surface area contributed by atoms with Crippen LogP contribution in [0.3, 0.4) is 0 Å². The average molecular weight is 742 g/mol. The van der Waals surface area contributed by atoms with E-state index in [2.05, 4.69) is 25.2 Å². The third-order valence-electron chi connectivity index (χ3n) is 10.1. The number of nitrogens with one attached hydrogen (secondary N) is 1. The Morgan fingerprint density at radius 2 is 1.87 bits per heavy atom. The molecule has 0 aliphatic carbocycles. The highest BCUT2D eigenvalue weighted by Gasteiger charge is 2.53. The first-order valence-corrected chi connectivity index (χ1v) is 17.1. The highest BCUT2D eigenvalue weighted by molar-refractivity contribution is 6.24. The molecule has 2 N–H and O–H groups in total. The zero-order chi connectivity index (χ0) is 37.7. The van der Waals surface area contributed by atoms with E-state index in [1.165, 1.54) is 23.5 Å². The largest absolute Gasteiger partial charge is 0.509 e. The number of aromatic nitrogens is 2. The Morgan fingerprint density at radius 1 is 1.11 bits per heavy atom. The van der Waals surface area contributed by atoms with Gasteiger partial charge in [0.1, 0.15) is 30.3 Å². The molecule has 5 heterocycles. The number of aliphatic hydroxyl groups is 1. The molecule has 2 saturated heterocycles. The molecule has 2 unspecified atom stereocenters. The van der Waals surface area contributed by atoms with Gasteiger partial charge < -0.3 is 19.9 Å². The Labute approximate surface area is 300 Å². The van der Waals surface area contributed by atoms with Gasteiger partial charge >= 0.3 is 6.18 Å². The molecular weight excluding hydrogens is 705 g/mol. The fourth-order valence-electron chi connectivity index (χ4n) is 7.05. The first-order chi connectivity index (χ1) is 25.3. The van der Waals surface area contributed by atoms with Crippen molar-refractivity contribution in [2.75, 3.05) is 51.3 Å². The van der Waals surface area contributed by atoms with Crippen molar-refractivity contribution in [1.29, 1.82) is 0 Å². The topological polar surface area (TPSA) is 133 Å². The molecule has 2 amide bonds. The molecule has 17 heteroatoms. The normalized spacial score (nSPS) is 22.0. The van der Waals surface area contributed by atoms with Crippen LogP contribution in [0, 0.1) is 18.6 Å². The Balaban J connectivity index is 1.17. The molecule has 4 aliphatic rings. The summed E-state index contributed by atoms with van der Waals surface area (Å²) in [5.74, 6) is -5.44. The van der Waals surface area contributed by atoms with Crippen LogP contribution >= 0.6 is 0 Å². The number of carbonyl (C=O) groups excluding carboxylic acids is 2. The van der Waals surface area contributed by atoms with Crippen LogP contribution in [0.5, 0.6) is 5.75 Å². The van der Waals surface area contributed by atoms with E-state index in [0.29, 0.717) is 56.9 Å². The summed E-state index contributed by atoms with van der Waals surface area (Å²) < 4.78 is 83.3. The number of benzene rings is 2. The predicted octanol–water partition coefficient (Wildman–Crippen LogP) is 5.15. The Morgan fingerprint density at radius 3 is 2.58 bits per heavy atom. The van der Waals surface area contributed by atoms with E-state index >= 15 is 8.78 Å². The van der Waals surface area contributed by atoms with Gasteiger partial charge in [-0.1, -0.05) is 6.07 Å². The van der Waals surface area contributed by atoms with Crippen LogP contribution in [-0.4, -0.2) is 99.6 Å². The maximum absolute atomic E-state index is 15.5. The van der Waals surface area contributed by atoms with Crippen molar-refractivity contribution in [2.45, 2.75) is 51.0 Å². The van der Waals surface area contributed by atoms with Gasteiger partial charge in [0, 0.05) is 43.5 Å². The number of rotatable bonds is 10. The molecule has 53 heavy (non-hydrogen) atoms. The van der Waals surface area contributed by atoms with Crippen molar-refractivity contribution >= 4 is 23.7 Å². The minimum atomic E-state index is -4.73. The average Bonchev–Trinajstić information content (AvgIpc) is 3.90. The van der Waals surface area contributed by atoms with Gasteiger partial charge in [0.15, 0.2) is 11.6 Å². The molecule has 0 saturated carbocycles. The summed E-state index contributed by atoms with van der Waals surface area (Å²) >= 11 is 0. The summed E-state index contributed by atoms with van der Waals surface area (Å²) in [4.78, 5) is 42.7. The number of aliphatic hydroxyl groups excluding tert-OH is 1. The monoisotopic (exact) mass is 741 g/mol. The first kappa shape index (κ1) is 36.4. The number of halogens is 5. The first-order valence-electron chi connectivity index (χ1n) is 17.1. The van der Waals surface area contributed by atoms with Crippen molar-refractivity contribution < 1.29 is 46.1 Å². The van der Waals surface area contributed by atoms with E-state index in [1.807, 2.05) is 0 Å². The standard InChI is InChI=1S/C36H36F5N7O5/c1-20-30(43-19-44-31(20)25-17-42-25)23-16-22(36(39,40)41)5-6-24(23)45-33(50)27-32(49)35(2)8-3-9-48(35)47(34(27)51)18-21-4-7-26(29(38)28(21)37)53-15-12-46-10-13-52-14-11-46/h4-7,16-17,19,25,49H,3,8-15,18H2,1-2H3,(H,45,50). The minimum Gasteiger partial charge on any atom is -0.509 e. The molecule has 2 aromatic carbocycles. The third kappa shape index (κ3) is 6.95. The second-order valence-electron chi connectivity index (χ2n) is 13.4. The Kier molecular flexibility index (Phi) is 9.67. The van der Waals surface area contributed by atoms with E-state index in [9.17, 15) is 27.9 Å². The minimum absolute atomic E-state index is 0.0988. The number of carbonyl (C=O) groups is 2. The quantitative estimate of drug-likeness (QED) is 0.214. The smallest absolute Gasteiger partial charge is 0.416 e. The predicted molar refractivity (Wildman–Crippen MR) is 181 cm³/mol. The molecular formula is C36H36F5N7O5. The Bertz CT molecular complexity index is 2010. The summed E-state index contributed by atoms with van der Waals surface area (Å²) in [5, 5.41) is 16.6. The molecule has 12 nitrogen and oxygen atoms in total. The van der Waals surface area contributed by atoms with Crippen molar-refractivity contribution in [3.05, 3.63) is 82.0 Å². The summed E-state index contributed by atoms with van der Waals surface area (Å²) in [6.45, 7) is 6.17. The zero-order valence-corrected chi connectivity index (χ0v) is 28.8. The van der Waals surface area contributed by atoms with E-state index < -0.39 is 58.6 Å². The molecule has 280 valence electrons. The van der Waals surface area contributed by atoms with Crippen LogP contribution in [0.2, 0.25) is 0 Å². The number of nitrogens with zero attached hydrogens (tertiary/aromatic N) is 6. The maximum atomic E-state index is 15.5. The van der Waals surface area contributed by atoms with E-state index in [1.54, 1.807) is 20.1 Å². The number of alkyl halides is 3. The molecule has 3 aromatic rings. The van der Waals surface area contributed by atoms with Gasteiger partial charge in [-0.05, 0) is 56.5 Å². The highest BCUT2D eigenvalue weighted by atomic mass is 19.4. The summed E-state index contributed by atoms with van der Waals surface area (Å²) in [7, 11) is 0. The number of aliphatic imine (C=N–C) groups is 1. The molecule has 2 fully saturated rings. The van der Waals surface area contributed by atoms with Crippen LogP contribution in [0.1, 0.15) is 48.2 Å². The van der Waals surface area contributed by atoms with Crippen LogP contribution in [0.25, 0.3) is 11.3 Å². The fraction of sp³-hybridized carbons (Fsp3) is 0.417. The molecule has 0 radical (unpaired) electrons. The van der Waals surface area contributed by atoms with Gasteiger partial charge in [0.05, 0.1) is 47.9 Å². The van der Waals surface area contributed by atoms with Gasteiger partial charge in [-0.25, -0.2) is 19.4 Å². The lowest BCUT2D eigenvalue weighted by molar-refractivity contribution is -0.160. The number of amides is 2. The molecule has 4 aliphatic heterocycles. The fourth-order valence-corrected chi connectivity index (χ4v) is 7.05. The van der Waals surface area contributed by atoms with Gasteiger partial charge in [0.2, 0.25) is 5.82 Å². The van der Waals surface area contributed by atoms with Crippen LogP contribution in [0.15, 0.2) is 53.0 Å². The third-order valence-corrected chi connectivity index (χ3v) is 10.1. The van der Waals surface area contributed by atoms with E-state index in [4.69, 9.17) is 9.47 Å². The zero-order valence-electron chi connectivity index (χ0n) is 28.8. The second-order valence-corrected chi connectivity index (χ2v) is 13.4. The van der Waals surface area contributed by atoms with E-state index in [-0.39, 0.29) is 47.5 Å². The summed E-state index contributed by atoms with van der Waals surface area (Å²) in [5.41, 5.74) is -2.38. The number of hydrogen-bond donors (Lipinski definition) is 2.